The van der Waals surface area contributed by atoms with Crippen LogP contribution in [0.25, 0.3) is 0 Å². The van der Waals surface area contributed by atoms with Crippen LogP contribution in [0, 0.1) is 0 Å². The van der Waals surface area contributed by atoms with E-state index in [1.165, 1.54) is 231 Å². The Labute approximate surface area is 411 Å². The van der Waals surface area contributed by atoms with Crippen molar-refractivity contribution in [1.29, 1.82) is 0 Å². The molecule has 0 amide bonds. The molecule has 0 spiro atoms. The summed E-state index contributed by atoms with van der Waals surface area (Å²) < 4.78 is 16.9. The Balaban J connectivity index is 4.27. The summed E-state index contributed by atoms with van der Waals surface area (Å²) in [6.45, 7) is 6.67. The molecule has 6 heteroatoms. The smallest absolute Gasteiger partial charge is 0.306 e. The SMILES string of the molecule is CCCCC/C=C\CCCCCCCC(=O)OC[C@H](COC(=O)CCCCCCCCCCCCCCCCCCCCC)OC(=O)CCCCCCCCCCCCCCCCCCC. The monoisotopic (exact) mass is 931 g/mol. The Kier molecular flexibility index (Phi) is 54.2. The molecule has 0 aliphatic carbocycles. The lowest BCUT2D eigenvalue weighted by Gasteiger charge is -2.18. The van der Waals surface area contributed by atoms with Gasteiger partial charge in [0.25, 0.3) is 0 Å². The van der Waals surface area contributed by atoms with Gasteiger partial charge >= 0.3 is 17.9 Å². The van der Waals surface area contributed by atoms with E-state index in [0.29, 0.717) is 19.3 Å². The van der Waals surface area contributed by atoms with Gasteiger partial charge in [-0.2, -0.15) is 0 Å². The van der Waals surface area contributed by atoms with Crippen LogP contribution in [-0.2, 0) is 28.6 Å². The molecule has 0 heterocycles. The molecule has 0 rings (SSSR count). The fourth-order valence-electron chi connectivity index (χ4n) is 9.03. The molecule has 0 aromatic carbocycles. The second-order valence-corrected chi connectivity index (χ2v) is 20.3. The first-order chi connectivity index (χ1) is 32.5. The van der Waals surface area contributed by atoms with Crippen molar-refractivity contribution < 1.29 is 28.6 Å². The fraction of sp³-hybridized carbons (Fsp3) is 0.917. The van der Waals surface area contributed by atoms with Crippen molar-refractivity contribution in [3.05, 3.63) is 12.2 Å². The number of esters is 3. The Morgan fingerprint density at radius 3 is 0.788 bits per heavy atom. The summed E-state index contributed by atoms with van der Waals surface area (Å²) in [5, 5.41) is 0. The van der Waals surface area contributed by atoms with Crippen molar-refractivity contribution in [1.82, 2.24) is 0 Å². The van der Waals surface area contributed by atoms with Gasteiger partial charge in [0.05, 0.1) is 0 Å². The minimum atomic E-state index is -0.767. The summed E-state index contributed by atoms with van der Waals surface area (Å²) in [4.78, 5) is 38.1. The van der Waals surface area contributed by atoms with Gasteiger partial charge in [-0.05, 0) is 44.9 Å². The van der Waals surface area contributed by atoms with E-state index in [1.807, 2.05) is 0 Å². The Morgan fingerprint density at radius 1 is 0.288 bits per heavy atom. The Hall–Kier alpha value is -1.85. The number of carbonyl (C=O) groups is 3. The molecular weight excluding hydrogens is 817 g/mol. The Morgan fingerprint density at radius 2 is 0.500 bits per heavy atom. The largest absolute Gasteiger partial charge is 0.462 e. The molecule has 0 aromatic rings. The van der Waals surface area contributed by atoms with Gasteiger partial charge in [0.15, 0.2) is 6.10 Å². The molecule has 0 bridgehead atoms. The van der Waals surface area contributed by atoms with Gasteiger partial charge < -0.3 is 14.2 Å². The molecule has 1 atom stereocenters. The molecule has 0 unspecified atom stereocenters. The number of allylic oxidation sites excluding steroid dienone is 2. The highest BCUT2D eigenvalue weighted by atomic mass is 16.6. The molecule has 390 valence electrons. The van der Waals surface area contributed by atoms with E-state index in [1.54, 1.807) is 0 Å². The first-order valence-corrected chi connectivity index (χ1v) is 29.7. The molecule has 6 nitrogen and oxygen atoms in total. The third-order valence-corrected chi connectivity index (χ3v) is 13.5. The van der Waals surface area contributed by atoms with Crippen molar-refractivity contribution in [3.63, 3.8) is 0 Å². The van der Waals surface area contributed by atoms with Gasteiger partial charge in [0.2, 0.25) is 0 Å². The van der Waals surface area contributed by atoms with Crippen LogP contribution in [0.1, 0.15) is 335 Å². The van der Waals surface area contributed by atoms with Gasteiger partial charge in [0, 0.05) is 19.3 Å². The summed E-state index contributed by atoms with van der Waals surface area (Å²) in [7, 11) is 0. The minimum Gasteiger partial charge on any atom is -0.462 e. The zero-order chi connectivity index (χ0) is 47.9. The summed E-state index contributed by atoms with van der Waals surface area (Å²) in [6, 6.07) is 0. The lowest BCUT2D eigenvalue weighted by molar-refractivity contribution is -0.167. The van der Waals surface area contributed by atoms with Crippen LogP contribution in [0.3, 0.4) is 0 Å². The first-order valence-electron chi connectivity index (χ1n) is 29.7. The molecular formula is C60H114O6. The molecule has 0 saturated heterocycles. The van der Waals surface area contributed by atoms with E-state index in [0.717, 1.165) is 64.2 Å². The van der Waals surface area contributed by atoms with Crippen LogP contribution in [0.5, 0.6) is 0 Å². The van der Waals surface area contributed by atoms with E-state index in [-0.39, 0.29) is 31.1 Å². The quantitative estimate of drug-likeness (QED) is 0.0262. The van der Waals surface area contributed by atoms with E-state index in [2.05, 4.69) is 32.9 Å². The number of rotatable bonds is 55. The number of carbonyl (C=O) groups excluding carboxylic acids is 3. The average molecular weight is 932 g/mol. The van der Waals surface area contributed by atoms with Gasteiger partial charge in [-0.3, -0.25) is 14.4 Å². The fourth-order valence-corrected chi connectivity index (χ4v) is 9.03. The van der Waals surface area contributed by atoms with Crippen molar-refractivity contribution in [2.45, 2.75) is 341 Å². The maximum Gasteiger partial charge on any atom is 0.306 e. The molecule has 0 aliphatic rings. The summed E-state index contributed by atoms with van der Waals surface area (Å²) >= 11 is 0. The highest BCUT2D eigenvalue weighted by molar-refractivity contribution is 5.71. The number of hydrogen-bond acceptors (Lipinski definition) is 6. The van der Waals surface area contributed by atoms with Gasteiger partial charge in [-0.1, -0.05) is 283 Å². The van der Waals surface area contributed by atoms with Crippen LogP contribution in [0.2, 0.25) is 0 Å². The van der Waals surface area contributed by atoms with E-state index in [4.69, 9.17) is 14.2 Å². The minimum absolute atomic E-state index is 0.0664. The van der Waals surface area contributed by atoms with Gasteiger partial charge in [-0.15, -0.1) is 0 Å². The predicted octanol–water partition coefficient (Wildman–Crippen LogP) is 19.7. The molecule has 0 fully saturated rings. The second kappa shape index (κ2) is 55.7. The maximum atomic E-state index is 12.9. The highest BCUT2D eigenvalue weighted by Crippen LogP contribution is 2.18. The number of hydrogen-bond donors (Lipinski definition) is 0. The van der Waals surface area contributed by atoms with E-state index < -0.39 is 6.10 Å². The lowest BCUT2D eigenvalue weighted by Crippen LogP contribution is -2.30. The standard InChI is InChI=1S/C60H114O6/c1-4-7-10-13-16-19-22-25-27-29-30-32-33-35-38-41-44-47-50-53-59(62)65-56-57(55-64-58(61)52-49-46-43-40-37-24-21-18-15-12-9-6-3)66-60(63)54-51-48-45-42-39-36-34-31-28-26-23-20-17-14-11-8-5-2/h18,21,57H,4-17,19-20,22-56H2,1-3H3/b21-18-/t57-/m1/s1. The van der Waals surface area contributed by atoms with E-state index in [9.17, 15) is 14.4 Å². The van der Waals surface area contributed by atoms with Crippen LogP contribution < -0.4 is 0 Å². The van der Waals surface area contributed by atoms with Crippen LogP contribution >= 0.6 is 0 Å². The third kappa shape index (κ3) is 53.1. The van der Waals surface area contributed by atoms with Crippen molar-refractivity contribution >= 4 is 17.9 Å². The van der Waals surface area contributed by atoms with Crippen LogP contribution in [0.15, 0.2) is 12.2 Å². The summed E-state index contributed by atoms with van der Waals surface area (Å²) in [5.41, 5.74) is 0. The van der Waals surface area contributed by atoms with Gasteiger partial charge in [-0.25, -0.2) is 0 Å². The summed E-state index contributed by atoms with van der Waals surface area (Å²) in [5.74, 6) is -0.850. The highest BCUT2D eigenvalue weighted by Gasteiger charge is 2.19. The maximum absolute atomic E-state index is 12.9. The third-order valence-electron chi connectivity index (χ3n) is 13.5. The molecule has 0 aromatic heterocycles. The molecule has 0 N–H and O–H groups in total. The van der Waals surface area contributed by atoms with Crippen molar-refractivity contribution in [2.75, 3.05) is 13.2 Å². The Bertz CT molecular complexity index is 1020. The topological polar surface area (TPSA) is 78.9 Å². The zero-order valence-electron chi connectivity index (χ0n) is 44.7. The van der Waals surface area contributed by atoms with Crippen LogP contribution in [0.4, 0.5) is 0 Å². The van der Waals surface area contributed by atoms with Crippen molar-refractivity contribution in [2.24, 2.45) is 0 Å². The number of ether oxygens (including phenoxy) is 3. The normalized spacial score (nSPS) is 12.0. The van der Waals surface area contributed by atoms with Crippen molar-refractivity contribution in [3.8, 4) is 0 Å². The van der Waals surface area contributed by atoms with Crippen LogP contribution in [-0.4, -0.2) is 37.2 Å². The van der Waals surface area contributed by atoms with Gasteiger partial charge in [0.1, 0.15) is 13.2 Å². The second-order valence-electron chi connectivity index (χ2n) is 20.3. The first kappa shape index (κ1) is 64.2. The molecule has 66 heavy (non-hydrogen) atoms. The number of unbranched alkanes of at least 4 members (excludes halogenated alkanes) is 42. The lowest BCUT2D eigenvalue weighted by atomic mass is 10.0. The summed E-state index contributed by atoms with van der Waals surface area (Å²) in [6.07, 6.45) is 63.5. The zero-order valence-corrected chi connectivity index (χ0v) is 44.7. The van der Waals surface area contributed by atoms with E-state index >= 15 is 0 Å². The molecule has 0 radical (unpaired) electrons. The molecule has 0 aliphatic heterocycles. The average Bonchev–Trinajstić information content (AvgIpc) is 3.31. The molecule has 0 saturated carbocycles. The predicted molar refractivity (Wildman–Crippen MR) is 284 cm³/mol.